The summed E-state index contributed by atoms with van der Waals surface area (Å²) in [5.41, 5.74) is 3.37. The summed E-state index contributed by atoms with van der Waals surface area (Å²) in [4.78, 5) is 4.02. The van der Waals surface area contributed by atoms with Crippen LogP contribution in [0, 0.1) is 6.92 Å². The molecule has 0 atom stereocenters. The highest BCUT2D eigenvalue weighted by Crippen LogP contribution is 2.22. The second kappa shape index (κ2) is 3.85. The van der Waals surface area contributed by atoms with E-state index in [0.29, 0.717) is 6.04 Å². The van der Waals surface area contributed by atoms with Crippen molar-refractivity contribution in [1.29, 1.82) is 0 Å². The van der Waals surface area contributed by atoms with Crippen molar-refractivity contribution < 1.29 is 0 Å². The molecule has 0 aromatic carbocycles. The van der Waals surface area contributed by atoms with Crippen molar-refractivity contribution in [1.82, 2.24) is 14.8 Å². The van der Waals surface area contributed by atoms with Crippen LogP contribution in [0.15, 0.2) is 30.6 Å². The largest absolute Gasteiger partial charge is 0.265 e. The van der Waals surface area contributed by atoms with Crippen molar-refractivity contribution >= 4 is 0 Å². The lowest BCUT2D eigenvalue weighted by molar-refractivity contribution is 0.535. The third-order valence-electron chi connectivity index (χ3n) is 2.32. The maximum atomic E-state index is 4.48. The normalized spacial score (nSPS) is 10.9. The van der Waals surface area contributed by atoms with Gasteiger partial charge in [-0.25, -0.2) is 0 Å². The van der Waals surface area contributed by atoms with Gasteiger partial charge < -0.3 is 0 Å². The molecule has 0 amide bonds. The van der Waals surface area contributed by atoms with Crippen molar-refractivity contribution in [2.45, 2.75) is 26.8 Å². The minimum Gasteiger partial charge on any atom is -0.265 e. The van der Waals surface area contributed by atoms with Crippen molar-refractivity contribution in [2.24, 2.45) is 0 Å². The summed E-state index contributed by atoms with van der Waals surface area (Å²) >= 11 is 0. The predicted octanol–water partition coefficient (Wildman–Crippen LogP) is 2.83. The lowest BCUT2D eigenvalue weighted by Gasteiger charge is -2.10. The van der Waals surface area contributed by atoms with Crippen LogP contribution in [0.2, 0.25) is 0 Å². The summed E-state index contributed by atoms with van der Waals surface area (Å²) in [5, 5.41) is 4.48. The van der Waals surface area contributed by atoms with Gasteiger partial charge in [-0.05, 0) is 39.0 Å². The van der Waals surface area contributed by atoms with Gasteiger partial charge in [-0.15, -0.1) is 0 Å². The number of hydrogen-bond acceptors (Lipinski definition) is 2. The second-order valence-electron chi connectivity index (χ2n) is 3.95. The molecule has 0 saturated heterocycles. The minimum atomic E-state index is 0.377. The Morgan fingerprint density at radius 2 is 1.87 bits per heavy atom. The molecule has 0 aliphatic heterocycles. The van der Waals surface area contributed by atoms with Crippen molar-refractivity contribution in [2.75, 3.05) is 0 Å². The summed E-state index contributed by atoms with van der Waals surface area (Å²) in [7, 11) is 0. The Morgan fingerprint density at radius 1 is 1.20 bits per heavy atom. The molecular weight excluding hydrogens is 186 g/mol. The first-order valence-corrected chi connectivity index (χ1v) is 5.15. The Morgan fingerprint density at radius 3 is 2.47 bits per heavy atom. The molecule has 0 radical (unpaired) electrons. The van der Waals surface area contributed by atoms with E-state index in [1.165, 1.54) is 5.56 Å². The van der Waals surface area contributed by atoms with Gasteiger partial charge >= 0.3 is 0 Å². The van der Waals surface area contributed by atoms with Crippen LogP contribution in [0.25, 0.3) is 11.3 Å². The third-order valence-corrected chi connectivity index (χ3v) is 2.32. The number of aryl methyl sites for hydroxylation is 1. The Balaban J connectivity index is 2.53. The summed E-state index contributed by atoms with van der Waals surface area (Å²) in [6.45, 7) is 6.29. The summed E-state index contributed by atoms with van der Waals surface area (Å²) < 4.78 is 2.05. The van der Waals surface area contributed by atoms with Crippen LogP contribution < -0.4 is 0 Å². The highest BCUT2D eigenvalue weighted by molar-refractivity contribution is 5.59. The summed E-state index contributed by atoms with van der Waals surface area (Å²) in [5.74, 6) is 0. The number of hydrogen-bond donors (Lipinski definition) is 0. The molecule has 0 saturated carbocycles. The first kappa shape index (κ1) is 9.90. The van der Waals surface area contributed by atoms with Crippen LogP contribution in [0.5, 0.6) is 0 Å². The lowest BCUT2D eigenvalue weighted by Crippen LogP contribution is -2.04. The molecule has 2 aromatic rings. The van der Waals surface area contributed by atoms with Crippen LogP contribution >= 0.6 is 0 Å². The average molecular weight is 201 g/mol. The van der Waals surface area contributed by atoms with Crippen molar-refractivity contribution in [3.8, 4) is 11.3 Å². The van der Waals surface area contributed by atoms with E-state index in [9.17, 15) is 0 Å². The van der Waals surface area contributed by atoms with Crippen LogP contribution in [0.1, 0.15) is 25.6 Å². The van der Waals surface area contributed by atoms with Gasteiger partial charge in [0.15, 0.2) is 0 Å². The van der Waals surface area contributed by atoms with E-state index >= 15 is 0 Å². The summed E-state index contributed by atoms with van der Waals surface area (Å²) in [6, 6.07) is 6.50. The Bertz CT molecular complexity index is 443. The van der Waals surface area contributed by atoms with Gasteiger partial charge in [-0.3, -0.25) is 9.67 Å². The van der Waals surface area contributed by atoms with Gasteiger partial charge in [-0.2, -0.15) is 5.10 Å². The zero-order valence-corrected chi connectivity index (χ0v) is 9.31. The maximum absolute atomic E-state index is 4.48. The molecule has 2 rings (SSSR count). The van der Waals surface area contributed by atoms with E-state index in [4.69, 9.17) is 0 Å². The monoisotopic (exact) mass is 201 g/mol. The smallest absolute Gasteiger partial charge is 0.0689 e. The quantitative estimate of drug-likeness (QED) is 0.748. The molecule has 0 bridgehead atoms. The first-order valence-electron chi connectivity index (χ1n) is 5.15. The zero-order valence-electron chi connectivity index (χ0n) is 9.31. The minimum absolute atomic E-state index is 0.377. The van der Waals surface area contributed by atoms with Crippen LogP contribution in [0.4, 0.5) is 0 Å². The molecule has 0 aliphatic rings. The topological polar surface area (TPSA) is 30.7 Å². The molecule has 0 unspecified atom stereocenters. The number of aromatic nitrogens is 3. The van der Waals surface area contributed by atoms with Gasteiger partial charge in [0.25, 0.3) is 0 Å². The predicted molar refractivity (Wildman–Crippen MR) is 60.6 cm³/mol. The van der Waals surface area contributed by atoms with E-state index in [0.717, 1.165) is 11.4 Å². The Labute approximate surface area is 89.8 Å². The Hall–Kier alpha value is -1.64. The SMILES string of the molecule is Cc1cc(-c2ccncc2)n(C(C)C)n1. The average Bonchev–Trinajstić information content (AvgIpc) is 2.62. The molecule has 0 spiro atoms. The number of nitrogens with zero attached hydrogens (tertiary/aromatic N) is 3. The summed E-state index contributed by atoms with van der Waals surface area (Å²) in [6.07, 6.45) is 3.62. The molecule has 0 aliphatic carbocycles. The van der Waals surface area contributed by atoms with E-state index in [1.54, 1.807) is 0 Å². The van der Waals surface area contributed by atoms with E-state index in [-0.39, 0.29) is 0 Å². The molecule has 3 nitrogen and oxygen atoms in total. The van der Waals surface area contributed by atoms with Crippen LogP contribution in [0.3, 0.4) is 0 Å². The first-order chi connectivity index (χ1) is 7.18. The zero-order chi connectivity index (χ0) is 10.8. The standard InChI is InChI=1S/C12H15N3/c1-9(2)15-12(8-10(3)14-15)11-4-6-13-7-5-11/h4-9H,1-3H3. The molecule has 0 N–H and O–H groups in total. The number of pyridine rings is 1. The molecule has 0 fully saturated rings. The van der Waals surface area contributed by atoms with Gasteiger partial charge in [0.2, 0.25) is 0 Å². The fraction of sp³-hybridized carbons (Fsp3) is 0.333. The highest BCUT2D eigenvalue weighted by Gasteiger charge is 2.09. The molecule has 2 heterocycles. The van der Waals surface area contributed by atoms with Crippen LogP contribution in [-0.2, 0) is 0 Å². The Kier molecular flexibility index (Phi) is 2.54. The second-order valence-corrected chi connectivity index (χ2v) is 3.95. The molecule has 2 aromatic heterocycles. The fourth-order valence-electron chi connectivity index (χ4n) is 1.65. The molecule has 78 valence electrons. The molecular formula is C12H15N3. The third kappa shape index (κ3) is 1.91. The van der Waals surface area contributed by atoms with E-state index in [1.807, 2.05) is 36.1 Å². The fourth-order valence-corrected chi connectivity index (χ4v) is 1.65. The van der Waals surface area contributed by atoms with Gasteiger partial charge in [0.1, 0.15) is 0 Å². The maximum Gasteiger partial charge on any atom is 0.0689 e. The molecule has 3 heteroatoms. The molecule has 15 heavy (non-hydrogen) atoms. The van der Waals surface area contributed by atoms with Gasteiger partial charge in [-0.1, -0.05) is 0 Å². The van der Waals surface area contributed by atoms with E-state index in [2.05, 4.69) is 30.0 Å². The van der Waals surface area contributed by atoms with Crippen molar-refractivity contribution in [3.05, 3.63) is 36.3 Å². The lowest BCUT2D eigenvalue weighted by atomic mass is 10.2. The van der Waals surface area contributed by atoms with Crippen LogP contribution in [-0.4, -0.2) is 14.8 Å². The number of rotatable bonds is 2. The van der Waals surface area contributed by atoms with Crippen molar-refractivity contribution in [3.63, 3.8) is 0 Å². The van der Waals surface area contributed by atoms with E-state index < -0.39 is 0 Å². The van der Waals surface area contributed by atoms with Gasteiger partial charge in [0, 0.05) is 24.0 Å². The van der Waals surface area contributed by atoms with Gasteiger partial charge in [0.05, 0.1) is 11.4 Å². The highest BCUT2D eigenvalue weighted by atomic mass is 15.3.